The fraction of sp³-hybridized carbons (Fsp3) is 0.467. The number of likely N-dealkylation sites (N-methyl/N-ethyl adjacent to an activating group) is 1. The molecule has 0 aliphatic rings. The second kappa shape index (κ2) is 8.64. The summed E-state index contributed by atoms with van der Waals surface area (Å²) >= 11 is 5.73. The van der Waals surface area contributed by atoms with Crippen molar-refractivity contribution in [3.05, 3.63) is 35.4 Å². The van der Waals surface area contributed by atoms with Crippen LogP contribution in [0.3, 0.4) is 0 Å². The maximum absolute atomic E-state index is 12.5. The van der Waals surface area contributed by atoms with Gasteiger partial charge in [-0.1, -0.05) is 12.1 Å². The van der Waals surface area contributed by atoms with Crippen molar-refractivity contribution in [1.29, 1.82) is 0 Å². The summed E-state index contributed by atoms with van der Waals surface area (Å²) < 4.78 is 5.00. The molecule has 0 atom stereocenters. The van der Waals surface area contributed by atoms with Crippen molar-refractivity contribution >= 4 is 23.4 Å². The summed E-state index contributed by atoms with van der Waals surface area (Å²) in [7, 11) is 4.89. The minimum Gasteiger partial charge on any atom is -0.383 e. The van der Waals surface area contributed by atoms with Gasteiger partial charge >= 0.3 is 0 Å². The summed E-state index contributed by atoms with van der Waals surface area (Å²) in [5, 5.41) is 0. The van der Waals surface area contributed by atoms with Crippen LogP contribution in [0.1, 0.15) is 15.9 Å². The molecule has 0 N–H and O–H groups in total. The molecule has 0 unspecified atom stereocenters. The van der Waals surface area contributed by atoms with E-state index >= 15 is 0 Å². The molecule has 0 spiro atoms. The largest absolute Gasteiger partial charge is 0.383 e. The van der Waals surface area contributed by atoms with E-state index in [1.807, 2.05) is 12.1 Å². The Morgan fingerprint density at radius 1 is 1.19 bits per heavy atom. The predicted octanol–water partition coefficient (Wildman–Crippen LogP) is 1.60. The highest BCUT2D eigenvalue weighted by Crippen LogP contribution is 2.10. The smallest absolute Gasteiger partial charge is 0.254 e. The molecule has 0 saturated carbocycles. The molecule has 1 aromatic rings. The molecular formula is C15H21ClN2O3. The highest BCUT2D eigenvalue weighted by molar-refractivity contribution is 6.17. The molecule has 0 aromatic heterocycles. The van der Waals surface area contributed by atoms with E-state index in [1.54, 1.807) is 33.3 Å². The van der Waals surface area contributed by atoms with Crippen LogP contribution in [-0.2, 0) is 15.4 Å². The lowest BCUT2D eigenvalue weighted by Crippen LogP contribution is -2.41. The summed E-state index contributed by atoms with van der Waals surface area (Å²) in [4.78, 5) is 27.3. The number of methoxy groups -OCH3 is 1. The number of benzene rings is 1. The van der Waals surface area contributed by atoms with Crippen molar-refractivity contribution in [3.8, 4) is 0 Å². The molecule has 0 aliphatic carbocycles. The summed E-state index contributed by atoms with van der Waals surface area (Å²) in [6.45, 7) is 0.783. The minimum atomic E-state index is -0.191. The number of hydrogen-bond acceptors (Lipinski definition) is 3. The van der Waals surface area contributed by atoms with E-state index in [0.717, 1.165) is 5.56 Å². The number of carbonyl (C=O) groups is 2. The van der Waals surface area contributed by atoms with Crippen LogP contribution in [0.5, 0.6) is 0 Å². The maximum atomic E-state index is 12.5. The van der Waals surface area contributed by atoms with E-state index in [-0.39, 0.29) is 18.4 Å². The van der Waals surface area contributed by atoms with Gasteiger partial charge in [-0.25, -0.2) is 0 Å². The Labute approximate surface area is 130 Å². The van der Waals surface area contributed by atoms with Crippen LogP contribution in [0.2, 0.25) is 0 Å². The quantitative estimate of drug-likeness (QED) is 0.719. The average molecular weight is 313 g/mol. The van der Waals surface area contributed by atoms with Gasteiger partial charge in [-0.3, -0.25) is 9.59 Å². The average Bonchev–Trinajstić information content (AvgIpc) is 2.50. The van der Waals surface area contributed by atoms with Crippen molar-refractivity contribution in [2.45, 2.75) is 5.88 Å². The topological polar surface area (TPSA) is 49.9 Å². The lowest BCUT2D eigenvalue weighted by molar-refractivity contribution is -0.129. The van der Waals surface area contributed by atoms with Crippen LogP contribution in [0.4, 0.5) is 0 Å². The lowest BCUT2D eigenvalue weighted by Gasteiger charge is -2.23. The Bertz CT molecular complexity index is 474. The molecule has 0 radical (unpaired) electrons. The lowest BCUT2D eigenvalue weighted by atomic mass is 10.1. The molecule has 0 aliphatic heterocycles. The Morgan fingerprint density at radius 3 is 2.29 bits per heavy atom. The fourth-order valence-electron chi connectivity index (χ4n) is 1.68. The van der Waals surface area contributed by atoms with Gasteiger partial charge in [0, 0.05) is 39.2 Å². The normalized spacial score (nSPS) is 10.3. The standard InChI is InChI=1S/C15H21ClN2O3/c1-17(2)14(19)11-18(8-9-21-3)15(20)13-6-4-12(10-16)5-7-13/h4-7H,8-11H2,1-3H3. The Kier molecular flexibility index (Phi) is 7.19. The van der Waals surface area contributed by atoms with E-state index in [0.29, 0.717) is 24.6 Å². The number of halogens is 1. The van der Waals surface area contributed by atoms with Crippen LogP contribution < -0.4 is 0 Å². The van der Waals surface area contributed by atoms with Gasteiger partial charge in [0.1, 0.15) is 6.54 Å². The van der Waals surface area contributed by atoms with Crippen LogP contribution in [0, 0.1) is 0 Å². The number of ether oxygens (including phenoxy) is 1. The molecule has 0 heterocycles. The van der Waals surface area contributed by atoms with Crippen LogP contribution >= 0.6 is 11.6 Å². The number of nitrogens with zero attached hydrogens (tertiary/aromatic N) is 2. The summed E-state index contributed by atoms with van der Waals surface area (Å²) in [5.41, 5.74) is 1.48. The van der Waals surface area contributed by atoms with Crippen molar-refractivity contribution in [1.82, 2.24) is 9.80 Å². The van der Waals surface area contributed by atoms with Crippen LogP contribution in [0.15, 0.2) is 24.3 Å². The van der Waals surface area contributed by atoms with Gasteiger partial charge < -0.3 is 14.5 Å². The van der Waals surface area contributed by atoms with Crippen molar-refractivity contribution in [2.24, 2.45) is 0 Å². The first-order valence-corrected chi connectivity index (χ1v) is 7.16. The number of rotatable bonds is 7. The molecule has 5 nitrogen and oxygen atoms in total. The van der Waals surface area contributed by atoms with Crippen molar-refractivity contribution in [2.75, 3.05) is 40.9 Å². The van der Waals surface area contributed by atoms with Gasteiger partial charge in [0.05, 0.1) is 6.61 Å². The molecule has 21 heavy (non-hydrogen) atoms. The number of amides is 2. The Balaban J connectivity index is 2.84. The first-order valence-electron chi connectivity index (χ1n) is 6.63. The minimum absolute atomic E-state index is 0.0342. The molecular weight excluding hydrogens is 292 g/mol. The van der Waals surface area contributed by atoms with Gasteiger partial charge in [0.25, 0.3) is 5.91 Å². The third-order valence-electron chi connectivity index (χ3n) is 3.03. The van der Waals surface area contributed by atoms with Crippen LogP contribution in [-0.4, -0.2) is 62.5 Å². The second-order valence-corrected chi connectivity index (χ2v) is 5.11. The van der Waals surface area contributed by atoms with E-state index in [2.05, 4.69) is 0 Å². The number of hydrogen-bond donors (Lipinski definition) is 0. The summed E-state index contributed by atoms with van der Waals surface area (Å²) in [6, 6.07) is 7.06. The zero-order valence-electron chi connectivity index (χ0n) is 12.6. The van der Waals surface area contributed by atoms with E-state index in [4.69, 9.17) is 16.3 Å². The van der Waals surface area contributed by atoms with Gasteiger partial charge in [-0.15, -0.1) is 11.6 Å². The Hall–Kier alpha value is -1.59. The van der Waals surface area contributed by atoms with Crippen molar-refractivity contribution < 1.29 is 14.3 Å². The molecule has 1 rings (SSSR count). The molecule has 0 saturated heterocycles. The van der Waals surface area contributed by atoms with Crippen LogP contribution in [0.25, 0.3) is 0 Å². The molecule has 116 valence electrons. The van der Waals surface area contributed by atoms with Crippen molar-refractivity contribution in [3.63, 3.8) is 0 Å². The molecule has 0 bridgehead atoms. The molecule has 2 amide bonds. The third kappa shape index (κ3) is 5.36. The molecule has 1 aromatic carbocycles. The summed E-state index contributed by atoms with van der Waals surface area (Å²) in [6.07, 6.45) is 0. The number of alkyl halides is 1. The van der Waals surface area contributed by atoms with Gasteiger partial charge in [0.2, 0.25) is 5.91 Å². The van der Waals surface area contributed by atoms with E-state index in [1.165, 1.54) is 9.80 Å². The number of carbonyl (C=O) groups excluding carboxylic acids is 2. The van der Waals surface area contributed by atoms with Gasteiger partial charge in [0.15, 0.2) is 0 Å². The van der Waals surface area contributed by atoms with E-state index in [9.17, 15) is 9.59 Å². The highest BCUT2D eigenvalue weighted by atomic mass is 35.5. The zero-order valence-corrected chi connectivity index (χ0v) is 13.4. The maximum Gasteiger partial charge on any atom is 0.254 e. The predicted molar refractivity (Wildman–Crippen MR) is 82.5 cm³/mol. The fourth-order valence-corrected chi connectivity index (χ4v) is 1.86. The van der Waals surface area contributed by atoms with Gasteiger partial charge in [-0.05, 0) is 17.7 Å². The Morgan fingerprint density at radius 2 is 1.81 bits per heavy atom. The molecule has 0 fully saturated rings. The van der Waals surface area contributed by atoms with Gasteiger partial charge in [-0.2, -0.15) is 0 Å². The SMILES string of the molecule is COCCN(CC(=O)N(C)C)C(=O)c1ccc(CCl)cc1. The first-order chi connectivity index (χ1) is 9.99. The third-order valence-corrected chi connectivity index (χ3v) is 3.34. The zero-order chi connectivity index (χ0) is 15.8. The first kappa shape index (κ1) is 17.5. The molecule has 6 heteroatoms. The second-order valence-electron chi connectivity index (χ2n) is 4.84. The monoisotopic (exact) mass is 312 g/mol. The summed E-state index contributed by atoms with van der Waals surface area (Å²) in [5.74, 6) is 0.0845. The highest BCUT2D eigenvalue weighted by Gasteiger charge is 2.19. The van der Waals surface area contributed by atoms with E-state index < -0.39 is 0 Å².